The van der Waals surface area contributed by atoms with E-state index in [1.807, 2.05) is 104 Å². The molecule has 1 saturated heterocycles. The Bertz CT molecular complexity index is 2030. The topological polar surface area (TPSA) is 81.2 Å². The van der Waals surface area contributed by atoms with Gasteiger partial charge in [-0.3, -0.25) is 14.5 Å². The SMILES string of the molecule is Cc1ccc(C(=O)COc2ccc(CN3CCN(C(=O)C=Cc4ccc(Oc5ccc(OCc6cccc(Cl)c6Cl)cn5)c(C)c4)CC3)cc2)cc1. The molecular weight excluding hydrogens is 697 g/mol. The molecule has 52 heavy (non-hydrogen) atoms. The summed E-state index contributed by atoms with van der Waals surface area (Å²) in [5.41, 5.74) is 5.51. The predicted molar refractivity (Wildman–Crippen MR) is 205 cm³/mol. The van der Waals surface area contributed by atoms with Gasteiger partial charge in [0.15, 0.2) is 12.4 Å². The second kappa shape index (κ2) is 17.4. The average Bonchev–Trinajstić information content (AvgIpc) is 3.16. The summed E-state index contributed by atoms with van der Waals surface area (Å²) < 4.78 is 17.5. The molecule has 0 unspecified atom stereocenters. The molecule has 0 atom stereocenters. The van der Waals surface area contributed by atoms with E-state index >= 15 is 0 Å². The molecular formula is C42H39Cl2N3O5. The maximum atomic E-state index is 13.0. The van der Waals surface area contributed by atoms with Crippen LogP contribution in [0.25, 0.3) is 6.08 Å². The molecule has 0 aliphatic carbocycles. The van der Waals surface area contributed by atoms with Gasteiger partial charge in [-0.1, -0.05) is 83.4 Å². The van der Waals surface area contributed by atoms with Crippen LogP contribution in [0.5, 0.6) is 23.1 Å². The number of hydrogen-bond acceptors (Lipinski definition) is 7. The molecule has 1 aromatic heterocycles. The quantitative estimate of drug-likeness (QED) is 0.0882. The van der Waals surface area contributed by atoms with Gasteiger partial charge in [-0.25, -0.2) is 4.98 Å². The van der Waals surface area contributed by atoms with Crippen molar-refractivity contribution in [2.45, 2.75) is 27.0 Å². The summed E-state index contributed by atoms with van der Waals surface area (Å²) in [4.78, 5) is 34.0. The first-order valence-corrected chi connectivity index (χ1v) is 17.8. The molecule has 1 fully saturated rings. The number of aromatic nitrogens is 1. The van der Waals surface area contributed by atoms with Gasteiger partial charge in [0.05, 0.1) is 16.2 Å². The zero-order chi connectivity index (χ0) is 36.5. The maximum Gasteiger partial charge on any atom is 0.246 e. The Kier molecular flexibility index (Phi) is 12.2. The minimum atomic E-state index is -0.0501. The van der Waals surface area contributed by atoms with Crippen LogP contribution >= 0.6 is 23.2 Å². The van der Waals surface area contributed by atoms with Crippen LogP contribution in [0.4, 0.5) is 0 Å². The number of halogens is 2. The molecule has 8 nitrogen and oxygen atoms in total. The number of benzene rings is 4. The smallest absolute Gasteiger partial charge is 0.246 e. The number of amides is 1. The fourth-order valence-corrected chi connectivity index (χ4v) is 6.03. The van der Waals surface area contributed by atoms with Gasteiger partial charge in [0.25, 0.3) is 0 Å². The van der Waals surface area contributed by atoms with E-state index in [9.17, 15) is 9.59 Å². The number of ether oxygens (including phenoxy) is 3. The molecule has 0 spiro atoms. The molecule has 0 saturated carbocycles. The number of carbonyl (C=O) groups excluding carboxylic acids is 2. The third-order valence-electron chi connectivity index (χ3n) is 8.72. The number of aryl methyl sites for hydroxylation is 2. The van der Waals surface area contributed by atoms with Crippen LogP contribution in [0.1, 0.15) is 38.2 Å². The first-order valence-electron chi connectivity index (χ1n) is 17.0. The number of pyridine rings is 1. The van der Waals surface area contributed by atoms with Gasteiger partial charge in [-0.05, 0) is 73.0 Å². The van der Waals surface area contributed by atoms with Crippen LogP contribution in [0.15, 0.2) is 109 Å². The number of hydrogen-bond donors (Lipinski definition) is 0. The molecule has 2 heterocycles. The molecule has 4 aromatic carbocycles. The standard InChI is InChI=1S/C42H39Cl2N3O5/c1-29-6-12-33(13-7-29)38(48)28-51-35-14-8-32(9-15-35)26-46-20-22-47(23-21-46)41(49)19-11-31-10-17-39(30(2)24-31)52-40-18-16-36(25-45-40)50-27-34-4-3-5-37(43)42(34)44/h3-19,24-25H,20-23,26-28H2,1-2H3. The Morgan fingerprint density at radius 2 is 1.58 bits per heavy atom. The molecule has 1 aliphatic heterocycles. The minimum Gasteiger partial charge on any atom is -0.487 e. The number of ketones is 1. The highest BCUT2D eigenvalue weighted by atomic mass is 35.5. The molecule has 0 radical (unpaired) electrons. The van der Waals surface area contributed by atoms with Crippen molar-refractivity contribution in [2.75, 3.05) is 32.8 Å². The van der Waals surface area contributed by atoms with Crippen LogP contribution in [-0.2, 0) is 17.9 Å². The van der Waals surface area contributed by atoms with E-state index in [0.717, 1.165) is 47.5 Å². The fraction of sp³-hybridized carbons (Fsp3) is 0.214. The zero-order valence-corrected chi connectivity index (χ0v) is 30.6. The van der Waals surface area contributed by atoms with Crippen molar-refractivity contribution in [3.8, 4) is 23.1 Å². The largest absolute Gasteiger partial charge is 0.487 e. The lowest BCUT2D eigenvalue weighted by Gasteiger charge is -2.34. The monoisotopic (exact) mass is 735 g/mol. The molecule has 0 bridgehead atoms. The van der Waals surface area contributed by atoms with E-state index in [4.69, 9.17) is 37.4 Å². The van der Waals surface area contributed by atoms with Crippen LogP contribution in [0, 0.1) is 13.8 Å². The summed E-state index contributed by atoms with van der Waals surface area (Å²) in [7, 11) is 0. The molecule has 266 valence electrons. The Hall–Kier alpha value is -5.15. The Balaban J connectivity index is 0.921. The summed E-state index contributed by atoms with van der Waals surface area (Å²) in [6, 6.07) is 30.0. The molecule has 0 N–H and O–H groups in total. The lowest BCUT2D eigenvalue weighted by atomic mass is 10.1. The molecule has 10 heteroatoms. The summed E-state index contributed by atoms with van der Waals surface area (Å²) in [6.45, 7) is 7.87. The van der Waals surface area contributed by atoms with E-state index in [1.165, 1.54) is 0 Å². The van der Waals surface area contributed by atoms with E-state index in [1.54, 1.807) is 30.5 Å². The van der Waals surface area contributed by atoms with Crippen molar-refractivity contribution in [2.24, 2.45) is 0 Å². The van der Waals surface area contributed by atoms with Crippen molar-refractivity contribution >= 4 is 41.0 Å². The number of nitrogens with zero attached hydrogens (tertiary/aromatic N) is 3. The van der Waals surface area contributed by atoms with Crippen molar-refractivity contribution in [3.05, 3.63) is 153 Å². The van der Waals surface area contributed by atoms with Gasteiger partial charge < -0.3 is 19.1 Å². The van der Waals surface area contributed by atoms with Gasteiger partial charge >= 0.3 is 0 Å². The third kappa shape index (κ3) is 10.0. The van der Waals surface area contributed by atoms with Crippen LogP contribution in [0.3, 0.4) is 0 Å². The highest BCUT2D eigenvalue weighted by molar-refractivity contribution is 6.42. The zero-order valence-electron chi connectivity index (χ0n) is 29.1. The Morgan fingerprint density at radius 3 is 2.29 bits per heavy atom. The normalized spacial score (nSPS) is 13.3. The van der Waals surface area contributed by atoms with Gasteiger partial charge in [0.1, 0.15) is 23.9 Å². The molecule has 1 aliphatic rings. The summed E-state index contributed by atoms with van der Waals surface area (Å²) in [5, 5.41) is 0.956. The lowest BCUT2D eigenvalue weighted by Crippen LogP contribution is -2.47. The summed E-state index contributed by atoms with van der Waals surface area (Å²) in [6.07, 6.45) is 5.06. The predicted octanol–water partition coefficient (Wildman–Crippen LogP) is 9.00. The van der Waals surface area contributed by atoms with Crippen molar-refractivity contribution in [1.82, 2.24) is 14.8 Å². The first-order chi connectivity index (χ1) is 25.2. The van der Waals surface area contributed by atoms with Crippen molar-refractivity contribution in [3.63, 3.8) is 0 Å². The highest BCUT2D eigenvalue weighted by Crippen LogP contribution is 2.28. The van der Waals surface area contributed by atoms with E-state index < -0.39 is 0 Å². The number of Topliss-reactive ketones (excluding diaryl/α,β-unsaturated/α-hetero) is 1. The number of rotatable bonds is 13. The van der Waals surface area contributed by atoms with Crippen molar-refractivity contribution < 1.29 is 23.8 Å². The minimum absolute atomic E-state index is 0.000168. The average molecular weight is 737 g/mol. The highest BCUT2D eigenvalue weighted by Gasteiger charge is 2.20. The fourth-order valence-electron chi connectivity index (χ4n) is 5.66. The summed E-state index contributed by atoms with van der Waals surface area (Å²) in [5.74, 6) is 2.28. The Labute approximate surface area is 314 Å². The molecule has 5 aromatic rings. The second-order valence-electron chi connectivity index (χ2n) is 12.6. The van der Waals surface area contributed by atoms with Crippen LogP contribution in [-0.4, -0.2) is 59.3 Å². The molecule has 6 rings (SSSR count). The van der Waals surface area contributed by atoms with Crippen molar-refractivity contribution in [1.29, 1.82) is 0 Å². The van der Waals surface area contributed by atoms with E-state index in [0.29, 0.717) is 51.8 Å². The number of carbonyl (C=O) groups is 2. The van der Waals surface area contributed by atoms with E-state index in [-0.39, 0.29) is 24.9 Å². The van der Waals surface area contributed by atoms with Gasteiger partial charge in [0, 0.05) is 56.0 Å². The first kappa shape index (κ1) is 36.6. The summed E-state index contributed by atoms with van der Waals surface area (Å²) >= 11 is 12.3. The molecule has 1 amide bonds. The maximum absolute atomic E-state index is 13.0. The lowest BCUT2D eigenvalue weighted by molar-refractivity contribution is -0.127. The third-order valence-corrected chi connectivity index (χ3v) is 9.58. The van der Waals surface area contributed by atoms with Gasteiger partial charge in [0.2, 0.25) is 11.8 Å². The van der Waals surface area contributed by atoms with E-state index in [2.05, 4.69) is 9.88 Å². The Morgan fingerprint density at radius 1 is 0.827 bits per heavy atom. The van der Waals surface area contributed by atoms with Gasteiger partial charge in [-0.2, -0.15) is 0 Å². The van der Waals surface area contributed by atoms with Crippen LogP contribution in [0.2, 0.25) is 10.0 Å². The second-order valence-corrected chi connectivity index (χ2v) is 13.4. The number of piperazine rings is 1. The van der Waals surface area contributed by atoms with Crippen LogP contribution < -0.4 is 14.2 Å². The van der Waals surface area contributed by atoms with Gasteiger partial charge in [-0.15, -0.1) is 0 Å².